The minimum absolute atomic E-state index is 0.233. The molecule has 11 heavy (non-hydrogen) atoms. The van der Waals surface area contributed by atoms with Crippen LogP contribution in [0.1, 0.15) is 25.5 Å². The fraction of sp³-hybridized carbons (Fsp3) is 0.556. The average molecular weight is 151 g/mol. The quantitative estimate of drug-likeness (QED) is 0.700. The van der Waals surface area contributed by atoms with Crippen molar-refractivity contribution in [1.82, 2.24) is 0 Å². The predicted octanol–water partition coefficient (Wildman–Crippen LogP) is 1.86. The van der Waals surface area contributed by atoms with E-state index in [1.165, 1.54) is 12.8 Å². The van der Waals surface area contributed by atoms with E-state index in [-0.39, 0.29) is 5.54 Å². The van der Waals surface area contributed by atoms with Crippen LogP contribution in [0.25, 0.3) is 0 Å². The van der Waals surface area contributed by atoms with Crippen molar-refractivity contribution in [3.63, 3.8) is 0 Å². The van der Waals surface area contributed by atoms with Crippen LogP contribution in [0.5, 0.6) is 0 Å². The normalized spacial score (nSPS) is 23.1. The maximum Gasteiger partial charge on any atom is 0.123 e. The van der Waals surface area contributed by atoms with E-state index in [1.807, 2.05) is 19.1 Å². The van der Waals surface area contributed by atoms with E-state index in [2.05, 4.69) is 0 Å². The van der Waals surface area contributed by atoms with Gasteiger partial charge in [-0.25, -0.2) is 0 Å². The van der Waals surface area contributed by atoms with Crippen LogP contribution in [-0.2, 0) is 5.54 Å². The lowest BCUT2D eigenvalue weighted by Crippen LogP contribution is -2.34. The summed E-state index contributed by atoms with van der Waals surface area (Å²) in [5.74, 6) is 1.55. The van der Waals surface area contributed by atoms with Crippen LogP contribution in [0.3, 0.4) is 0 Å². The van der Waals surface area contributed by atoms with Crippen molar-refractivity contribution in [3.05, 3.63) is 24.2 Å². The fourth-order valence-electron chi connectivity index (χ4n) is 1.47. The zero-order chi connectivity index (χ0) is 7.90. The third-order valence-corrected chi connectivity index (χ3v) is 2.48. The summed E-state index contributed by atoms with van der Waals surface area (Å²) in [6.45, 7) is 2.05. The molecule has 2 rings (SSSR count). The Labute approximate surface area is 66.4 Å². The molecule has 0 radical (unpaired) electrons. The lowest BCUT2D eigenvalue weighted by atomic mass is 9.94. The topological polar surface area (TPSA) is 39.2 Å². The zero-order valence-corrected chi connectivity index (χ0v) is 6.71. The summed E-state index contributed by atoms with van der Waals surface area (Å²) < 4.78 is 5.27. The minimum atomic E-state index is -0.233. The minimum Gasteiger partial charge on any atom is -0.467 e. The summed E-state index contributed by atoms with van der Waals surface area (Å²) in [6.07, 6.45) is 4.17. The van der Waals surface area contributed by atoms with Crippen molar-refractivity contribution >= 4 is 0 Å². The maximum atomic E-state index is 6.09. The molecule has 2 nitrogen and oxygen atoms in total. The molecule has 1 aromatic rings. The molecule has 0 bridgehead atoms. The molecule has 0 aromatic carbocycles. The first-order valence-corrected chi connectivity index (χ1v) is 4.04. The summed E-state index contributed by atoms with van der Waals surface area (Å²) in [6, 6.07) is 3.85. The summed E-state index contributed by atoms with van der Waals surface area (Å²) in [5, 5.41) is 0. The van der Waals surface area contributed by atoms with Gasteiger partial charge in [-0.15, -0.1) is 0 Å². The molecule has 0 spiro atoms. The van der Waals surface area contributed by atoms with E-state index in [9.17, 15) is 0 Å². The van der Waals surface area contributed by atoms with Crippen LogP contribution >= 0.6 is 0 Å². The summed E-state index contributed by atoms with van der Waals surface area (Å²) in [7, 11) is 0. The standard InChI is InChI=1S/C9H13NO/c1-9(10,7-4-5-7)8-3-2-6-11-8/h2-3,6-7H,4-5,10H2,1H3. The second-order valence-electron chi connectivity index (χ2n) is 3.53. The molecular formula is C9H13NO. The number of hydrogen-bond donors (Lipinski definition) is 1. The second-order valence-corrected chi connectivity index (χ2v) is 3.53. The molecule has 1 saturated carbocycles. The first-order valence-electron chi connectivity index (χ1n) is 4.04. The third kappa shape index (κ3) is 1.07. The Bertz CT molecular complexity index is 234. The zero-order valence-electron chi connectivity index (χ0n) is 6.71. The number of rotatable bonds is 2. The van der Waals surface area contributed by atoms with E-state index in [1.54, 1.807) is 6.26 Å². The Hall–Kier alpha value is -0.760. The van der Waals surface area contributed by atoms with Crippen molar-refractivity contribution in [1.29, 1.82) is 0 Å². The van der Waals surface area contributed by atoms with Crippen molar-refractivity contribution in [2.75, 3.05) is 0 Å². The van der Waals surface area contributed by atoms with Crippen molar-refractivity contribution < 1.29 is 4.42 Å². The highest BCUT2D eigenvalue weighted by Crippen LogP contribution is 2.43. The van der Waals surface area contributed by atoms with Gasteiger partial charge in [-0.1, -0.05) is 0 Å². The lowest BCUT2D eigenvalue weighted by Gasteiger charge is -2.20. The van der Waals surface area contributed by atoms with Crippen LogP contribution < -0.4 is 5.73 Å². The van der Waals surface area contributed by atoms with E-state index in [0.717, 1.165) is 5.76 Å². The van der Waals surface area contributed by atoms with E-state index in [0.29, 0.717) is 5.92 Å². The molecule has 1 aromatic heterocycles. The highest BCUT2D eigenvalue weighted by atomic mass is 16.3. The molecule has 0 saturated heterocycles. The second kappa shape index (κ2) is 2.11. The molecule has 1 heterocycles. The van der Waals surface area contributed by atoms with Crippen molar-refractivity contribution in [2.24, 2.45) is 11.7 Å². The molecule has 2 N–H and O–H groups in total. The van der Waals surface area contributed by atoms with Gasteiger partial charge in [0.15, 0.2) is 0 Å². The van der Waals surface area contributed by atoms with Gasteiger partial charge in [-0.05, 0) is 37.8 Å². The molecule has 0 aliphatic heterocycles. The van der Waals surface area contributed by atoms with Crippen molar-refractivity contribution in [3.8, 4) is 0 Å². The van der Waals surface area contributed by atoms with Gasteiger partial charge >= 0.3 is 0 Å². The van der Waals surface area contributed by atoms with Gasteiger partial charge in [0.2, 0.25) is 0 Å². The summed E-state index contributed by atoms with van der Waals surface area (Å²) >= 11 is 0. The van der Waals surface area contributed by atoms with Gasteiger partial charge in [-0.2, -0.15) is 0 Å². The molecule has 60 valence electrons. The van der Waals surface area contributed by atoms with Gasteiger partial charge in [0, 0.05) is 0 Å². The van der Waals surface area contributed by atoms with Crippen LogP contribution in [0.4, 0.5) is 0 Å². The van der Waals surface area contributed by atoms with Crippen LogP contribution in [0.2, 0.25) is 0 Å². The molecule has 0 amide bonds. The number of nitrogens with two attached hydrogens (primary N) is 1. The first kappa shape index (κ1) is 6.92. The van der Waals surface area contributed by atoms with Gasteiger partial charge in [0.25, 0.3) is 0 Å². The maximum absolute atomic E-state index is 6.09. The molecule has 1 fully saturated rings. The predicted molar refractivity (Wildman–Crippen MR) is 43.0 cm³/mol. The molecule has 1 unspecified atom stereocenters. The first-order chi connectivity index (χ1) is 5.21. The Morgan fingerprint density at radius 1 is 1.64 bits per heavy atom. The molecule has 2 heteroatoms. The fourth-order valence-corrected chi connectivity index (χ4v) is 1.47. The Morgan fingerprint density at radius 2 is 2.36 bits per heavy atom. The van der Waals surface area contributed by atoms with Crippen LogP contribution in [-0.4, -0.2) is 0 Å². The molecule has 1 aliphatic rings. The van der Waals surface area contributed by atoms with E-state index in [4.69, 9.17) is 10.2 Å². The van der Waals surface area contributed by atoms with Gasteiger partial charge in [0.05, 0.1) is 11.8 Å². The Kier molecular flexibility index (Phi) is 1.33. The highest BCUT2D eigenvalue weighted by molar-refractivity contribution is 5.14. The molecule has 1 atom stereocenters. The largest absolute Gasteiger partial charge is 0.467 e. The SMILES string of the molecule is CC(N)(c1ccco1)C1CC1. The average Bonchev–Trinajstić information content (AvgIpc) is 2.66. The van der Waals surface area contributed by atoms with Gasteiger partial charge in [-0.3, -0.25) is 0 Å². The highest BCUT2D eigenvalue weighted by Gasteiger charge is 2.41. The lowest BCUT2D eigenvalue weighted by molar-refractivity contribution is 0.331. The van der Waals surface area contributed by atoms with Gasteiger partial charge in [0.1, 0.15) is 5.76 Å². The third-order valence-electron chi connectivity index (χ3n) is 2.48. The van der Waals surface area contributed by atoms with E-state index >= 15 is 0 Å². The Morgan fingerprint density at radius 3 is 2.82 bits per heavy atom. The van der Waals surface area contributed by atoms with Crippen LogP contribution in [0.15, 0.2) is 22.8 Å². The molecule has 1 aliphatic carbocycles. The molecular weight excluding hydrogens is 138 g/mol. The van der Waals surface area contributed by atoms with Gasteiger partial charge < -0.3 is 10.2 Å². The monoisotopic (exact) mass is 151 g/mol. The van der Waals surface area contributed by atoms with Crippen LogP contribution in [0, 0.1) is 5.92 Å². The number of hydrogen-bond acceptors (Lipinski definition) is 2. The summed E-state index contributed by atoms with van der Waals surface area (Å²) in [5.41, 5.74) is 5.86. The van der Waals surface area contributed by atoms with E-state index < -0.39 is 0 Å². The Balaban J connectivity index is 2.26. The smallest absolute Gasteiger partial charge is 0.123 e. The number of furan rings is 1. The van der Waals surface area contributed by atoms with Crippen molar-refractivity contribution in [2.45, 2.75) is 25.3 Å². The summed E-state index contributed by atoms with van der Waals surface area (Å²) in [4.78, 5) is 0.